The van der Waals surface area contributed by atoms with E-state index >= 15 is 0 Å². The molecule has 1 saturated carbocycles. The van der Waals surface area contributed by atoms with Gasteiger partial charge in [0.15, 0.2) is 0 Å². The number of pyridine rings is 1. The van der Waals surface area contributed by atoms with E-state index in [0.29, 0.717) is 17.6 Å². The van der Waals surface area contributed by atoms with Crippen LogP contribution in [-0.4, -0.2) is 26.8 Å². The van der Waals surface area contributed by atoms with Crippen molar-refractivity contribution in [3.05, 3.63) is 88.5 Å². The summed E-state index contributed by atoms with van der Waals surface area (Å²) >= 11 is 0. The van der Waals surface area contributed by atoms with Crippen LogP contribution in [-0.2, 0) is 6.54 Å². The van der Waals surface area contributed by atoms with E-state index in [4.69, 9.17) is 5.26 Å². The minimum absolute atomic E-state index is 0.200. The number of fused-ring (bicyclic) bond motifs is 1. The number of nitrogens with zero attached hydrogens (tertiary/aromatic N) is 3. The Kier molecular flexibility index (Phi) is 5.92. The van der Waals surface area contributed by atoms with Crippen LogP contribution in [0.3, 0.4) is 0 Å². The second-order valence-electron chi connectivity index (χ2n) is 8.66. The average Bonchev–Trinajstić information content (AvgIpc) is 3.31. The lowest BCUT2D eigenvalue weighted by atomic mass is 9.90. The molecule has 3 N–H and O–H groups in total. The fraction of sp³-hybridized carbons (Fsp3) is 0.269. The fourth-order valence-corrected chi connectivity index (χ4v) is 4.61. The van der Waals surface area contributed by atoms with E-state index in [2.05, 4.69) is 45.1 Å². The highest BCUT2D eigenvalue weighted by atomic mass is 16.1. The van der Waals surface area contributed by atoms with E-state index in [0.717, 1.165) is 47.2 Å². The Labute approximate surface area is 192 Å². The van der Waals surface area contributed by atoms with Crippen molar-refractivity contribution in [2.24, 2.45) is 0 Å². The van der Waals surface area contributed by atoms with Gasteiger partial charge in [-0.1, -0.05) is 12.1 Å². The van der Waals surface area contributed by atoms with Gasteiger partial charge in [0.25, 0.3) is 5.56 Å². The summed E-state index contributed by atoms with van der Waals surface area (Å²) < 4.78 is 1.57. The van der Waals surface area contributed by atoms with Crippen LogP contribution in [0.15, 0.2) is 71.8 Å². The number of hydrogen-bond donors (Lipinski definition) is 3. The van der Waals surface area contributed by atoms with Gasteiger partial charge in [-0.3, -0.25) is 14.5 Å². The molecule has 166 valence electrons. The summed E-state index contributed by atoms with van der Waals surface area (Å²) in [5, 5.41) is 24.6. The number of rotatable bonds is 6. The maximum absolute atomic E-state index is 12.3. The zero-order valence-corrected chi connectivity index (χ0v) is 18.3. The molecule has 5 rings (SSSR count). The van der Waals surface area contributed by atoms with Gasteiger partial charge in [0.05, 0.1) is 23.3 Å². The Morgan fingerprint density at radius 3 is 2.91 bits per heavy atom. The third-order valence-electron chi connectivity index (χ3n) is 6.32. The number of benzene rings is 2. The lowest BCUT2D eigenvalue weighted by molar-refractivity contribution is 0.350. The first-order valence-electron chi connectivity index (χ1n) is 11.3. The molecule has 0 radical (unpaired) electrons. The zero-order chi connectivity index (χ0) is 22.6. The largest absolute Gasteiger partial charge is 0.382 e. The third kappa shape index (κ3) is 4.81. The van der Waals surface area contributed by atoms with E-state index in [9.17, 15) is 4.79 Å². The lowest BCUT2D eigenvalue weighted by Gasteiger charge is -2.31. The van der Waals surface area contributed by atoms with Gasteiger partial charge in [-0.15, -0.1) is 0 Å². The van der Waals surface area contributed by atoms with Crippen LogP contribution < -0.4 is 16.2 Å². The molecule has 7 nitrogen and oxygen atoms in total. The van der Waals surface area contributed by atoms with Gasteiger partial charge in [-0.25, -0.2) is 0 Å². The van der Waals surface area contributed by atoms with Crippen LogP contribution in [0.5, 0.6) is 0 Å². The second kappa shape index (κ2) is 9.31. The van der Waals surface area contributed by atoms with E-state index in [-0.39, 0.29) is 5.56 Å². The summed E-state index contributed by atoms with van der Waals surface area (Å²) in [6, 6.07) is 20.2. The van der Waals surface area contributed by atoms with E-state index < -0.39 is 0 Å². The molecule has 1 aliphatic carbocycles. The van der Waals surface area contributed by atoms with Gasteiger partial charge in [-0.05, 0) is 67.6 Å². The van der Waals surface area contributed by atoms with Crippen LogP contribution in [0, 0.1) is 11.3 Å². The van der Waals surface area contributed by atoms with Crippen molar-refractivity contribution in [2.45, 2.75) is 44.3 Å². The number of aromatic amines is 1. The Balaban J connectivity index is 1.21. The number of hydrogen-bond acceptors (Lipinski definition) is 5. The minimum Gasteiger partial charge on any atom is -0.382 e. The molecule has 0 bridgehead atoms. The third-order valence-corrected chi connectivity index (χ3v) is 6.32. The smallest absolute Gasteiger partial charge is 0.256 e. The van der Waals surface area contributed by atoms with Crippen LogP contribution in [0.2, 0.25) is 0 Å². The van der Waals surface area contributed by atoms with Crippen molar-refractivity contribution in [1.29, 1.82) is 5.26 Å². The van der Waals surface area contributed by atoms with Gasteiger partial charge in [-0.2, -0.15) is 10.4 Å². The standard InChI is InChI=1S/C26H26N6O/c27-15-18-9-10-32(26(33)12-18)24-6-1-3-19(11-24)16-28-21-4-2-5-22(14-21)30-23-7-8-25-20(13-23)17-29-31-25/h1,3,6-13,17,21-22,28,30H,2,4-5,14,16H2,(H,29,31)/t21-,22+/m0/s1. The maximum Gasteiger partial charge on any atom is 0.256 e. The highest BCUT2D eigenvalue weighted by molar-refractivity contribution is 5.81. The van der Waals surface area contributed by atoms with Gasteiger partial charge in [0, 0.05) is 47.7 Å². The molecule has 7 heteroatoms. The summed E-state index contributed by atoms with van der Waals surface area (Å²) in [6.45, 7) is 0.747. The summed E-state index contributed by atoms with van der Waals surface area (Å²) in [4.78, 5) is 12.3. The van der Waals surface area contributed by atoms with Crippen molar-refractivity contribution < 1.29 is 0 Å². The van der Waals surface area contributed by atoms with Crippen LogP contribution >= 0.6 is 0 Å². The molecule has 2 aromatic heterocycles. The molecular formula is C26H26N6O. The van der Waals surface area contributed by atoms with E-state index in [1.165, 1.54) is 18.9 Å². The Morgan fingerprint density at radius 1 is 1.12 bits per heavy atom. The van der Waals surface area contributed by atoms with E-state index in [1.54, 1.807) is 16.8 Å². The predicted octanol–water partition coefficient (Wildman–Crippen LogP) is 4.10. The van der Waals surface area contributed by atoms with Crippen molar-refractivity contribution in [3.8, 4) is 11.8 Å². The first-order chi connectivity index (χ1) is 16.2. The molecule has 0 spiro atoms. The molecule has 2 aromatic carbocycles. The normalized spacial score (nSPS) is 18.2. The van der Waals surface area contributed by atoms with Crippen LogP contribution in [0.1, 0.15) is 36.8 Å². The van der Waals surface area contributed by atoms with Crippen LogP contribution in [0.4, 0.5) is 5.69 Å². The summed E-state index contributed by atoms with van der Waals surface area (Å²) in [5.74, 6) is 0. The predicted molar refractivity (Wildman–Crippen MR) is 129 cm³/mol. The van der Waals surface area contributed by atoms with Gasteiger partial charge < -0.3 is 10.6 Å². The molecule has 0 amide bonds. The maximum atomic E-state index is 12.3. The topological polar surface area (TPSA) is 98.5 Å². The summed E-state index contributed by atoms with van der Waals surface area (Å²) in [5.41, 5.74) is 4.29. The fourth-order valence-electron chi connectivity index (χ4n) is 4.61. The molecule has 33 heavy (non-hydrogen) atoms. The summed E-state index contributed by atoms with van der Waals surface area (Å²) in [7, 11) is 0. The van der Waals surface area contributed by atoms with Gasteiger partial charge in [0.1, 0.15) is 0 Å². The van der Waals surface area contributed by atoms with Crippen LogP contribution in [0.25, 0.3) is 16.6 Å². The molecule has 0 saturated heterocycles. The monoisotopic (exact) mass is 438 g/mol. The zero-order valence-electron chi connectivity index (χ0n) is 18.3. The molecule has 1 fully saturated rings. The highest BCUT2D eigenvalue weighted by Gasteiger charge is 2.21. The highest BCUT2D eigenvalue weighted by Crippen LogP contribution is 2.24. The lowest BCUT2D eigenvalue weighted by Crippen LogP contribution is -2.38. The molecular weight excluding hydrogens is 412 g/mol. The Bertz CT molecular complexity index is 1360. The first-order valence-corrected chi connectivity index (χ1v) is 11.3. The molecule has 4 aromatic rings. The number of anilines is 1. The second-order valence-corrected chi connectivity index (χ2v) is 8.66. The number of aromatic nitrogens is 3. The van der Waals surface area contributed by atoms with Gasteiger partial charge in [0.2, 0.25) is 0 Å². The van der Waals surface area contributed by atoms with Crippen molar-refractivity contribution in [1.82, 2.24) is 20.1 Å². The molecule has 2 atom stereocenters. The van der Waals surface area contributed by atoms with Gasteiger partial charge >= 0.3 is 0 Å². The minimum atomic E-state index is -0.200. The Hall–Kier alpha value is -3.89. The number of H-pyrrole nitrogens is 1. The van der Waals surface area contributed by atoms with E-state index in [1.807, 2.05) is 30.5 Å². The number of nitrogens with one attached hydrogen (secondary N) is 3. The molecule has 1 aliphatic rings. The summed E-state index contributed by atoms with van der Waals surface area (Å²) in [6.07, 6.45) is 8.09. The molecule has 2 heterocycles. The SMILES string of the molecule is N#Cc1ccn(-c2cccc(CN[C@H]3CCC[C@@H](Nc4ccc5[nH]ncc5c4)C3)c2)c(=O)c1. The molecule has 0 unspecified atom stereocenters. The van der Waals surface area contributed by atoms with Crippen molar-refractivity contribution in [3.63, 3.8) is 0 Å². The molecule has 0 aliphatic heterocycles. The van der Waals surface area contributed by atoms with Crippen molar-refractivity contribution >= 4 is 16.6 Å². The number of nitriles is 1. The van der Waals surface area contributed by atoms with Crippen molar-refractivity contribution in [2.75, 3.05) is 5.32 Å². The quantitative estimate of drug-likeness (QED) is 0.421. The average molecular weight is 439 g/mol. The first kappa shape index (κ1) is 21.0. The Morgan fingerprint density at radius 2 is 2.03 bits per heavy atom.